The van der Waals surface area contributed by atoms with Gasteiger partial charge in [0.1, 0.15) is 11.7 Å². The molecule has 18 atom stereocenters. The predicted molar refractivity (Wildman–Crippen MR) is 182 cm³/mol. The lowest BCUT2D eigenvalue weighted by Crippen LogP contribution is -2.77. The van der Waals surface area contributed by atoms with Gasteiger partial charge in [0.2, 0.25) is 5.79 Å². The van der Waals surface area contributed by atoms with Crippen LogP contribution in [0.15, 0.2) is 0 Å². The minimum Gasteiger partial charge on any atom is -0.462 e. The van der Waals surface area contributed by atoms with Crippen LogP contribution in [0.2, 0.25) is 0 Å². The number of piperidine rings is 2. The van der Waals surface area contributed by atoms with E-state index in [0.29, 0.717) is 38.1 Å². The number of aliphatic hydroxyl groups is 4. The van der Waals surface area contributed by atoms with Crippen LogP contribution in [0.3, 0.4) is 0 Å². The van der Waals surface area contributed by atoms with Crippen molar-refractivity contribution in [3.63, 3.8) is 0 Å². The third-order valence-electron chi connectivity index (χ3n) is 15.6. The fraction of sp³-hybridized carbons (Fsp3) is 0.923. The first-order valence-electron chi connectivity index (χ1n) is 19.7. The second-order valence-electron chi connectivity index (χ2n) is 18.3. The molecule has 0 amide bonds. The van der Waals surface area contributed by atoms with Gasteiger partial charge in [0, 0.05) is 43.3 Å². The van der Waals surface area contributed by atoms with E-state index in [-0.39, 0.29) is 24.8 Å². The Balaban J connectivity index is 1.39. The highest BCUT2D eigenvalue weighted by Crippen LogP contribution is 2.77. The summed E-state index contributed by atoms with van der Waals surface area (Å²) in [5.74, 6) is -7.46. The highest BCUT2D eigenvalue weighted by Gasteiger charge is 2.87. The zero-order valence-corrected chi connectivity index (χ0v) is 31.7. The minimum atomic E-state index is -1.96. The Kier molecular flexibility index (Phi) is 9.07. The van der Waals surface area contributed by atoms with Crippen molar-refractivity contribution in [3.8, 4) is 0 Å². The van der Waals surface area contributed by atoms with Crippen molar-refractivity contribution in [1.29, 1.82) is 0 Å². The number of fused-ring (bicyclic) bond motifs is 5. The summed E-state index contributed by atoms with van der Waals surface area (Å²) >= 11 is 0. The zero-order chi connectivity index (χ0) is 37.2. The summed E-state index contributed by atoms with van der Waals surface area (Å²) in [5.41, 5.74) is -5.41. The van der Waals surface area contributed by atoms with Gasteiger partial charge in [0.15, 0.2) is 12.2 Å². The summed E-state index contributed by atoms with van der Waals surface area (Å²) in [4.78, 5) is 41.9. The summed E-state index contributed by atoms with van der Waals surface area (Å²) in [6.07, 6.45) is -0.928. The number of rotatable bonds is 7. The Morgan fingerprint density at radius 1 is 0.941 bits per heavy atom. The molecular formula is C39H61NO11. The molecule has 7 aliphatic rings. The van der Waals surface area contributed by atoms with Crippen molar-refractivity contribution in [2.24, 2.45) is 52.8 Å². The summed E-state index contributed by atoms with van der Waals surface area (Å²) in [5, 5.41) is 51.4. The van der Waals surface area contributed by atoms with Crippen LogP contribution in [0.1, 0.15) is 107 Å². The summed E-state index contributed by atoms with van der Waals surface area (Å²) < 4.78 is 25.4. The smallest absolute Gasteiger partial charge is 0.309 e. The van der Waals surface area contributed by atoms with Gasteiger partial charge < -0.3 is 39.4 Å². The van der Waals surface area contributed by atoms with E-state index in [0.717, 1.165) is 19.4 Å². The molecule has 3 heterocycles. The van der Waals surface area contributed by atoms with Crippen molar-refractivity contribution in [1.82, 2.24) is 4.90 Å². The van der Waals surface area contributed by atoms with E-state index in [1.54, 1.807) is 20.8 Å². The minimum absolute atomic E-state index is 0.116. The fourth-order valence-electron chi connectivity index (χ4n) is 12.8. The van der Waals surface area contributed by atoms with E-state index >= 15 is 0 Å². The van der Waals surface area contributed by atoms with E-state index in [1.165, 1.54) is 6.92 Å². The lowest BCUT2D eigenvalue weighted by atomic mass is 9.49. The average molecular weight is 720 g/mol. The molecule has 1 spiro atoms. The molecular weight excluding hydrogens is 658 g/mol. The largest absolute Gasteiger partial charge is 0.462 e. The Morgan fingerprint density at radius 2 is 1.59 bits per heavy atom. The quantitative estimate of drug-likeness (QED) is 0.224. The molecule has 288 valence electrons. The van der Waals surface area contributed by atoms with E-state index in [2.05, 4.69) is 11.8 Å². The molecule has 4 N–H and O–H groups in total. The van der Waals surface area contributed by atoms with E-state index < -0.39 is 106 Å². The summed E-state index contributed by atoms with van der Waals surface area (Å²) in [7, 11) is 0. The first kappa shape index (κ1) is 37.5. The van der Waals surface area contributed by atoms with Gasteiger partial charge in [-0.15, -0.1) is 0 Å². The maximum absolute atomic E-state index is 13.7. The number of carbonyl (C=O) groups excluding carboxylic acids is 3. The van der Waals surface area contributed by atoms with E-state index in [1.807, 2.05) is 20.8 Å². The van der Waals surface area contributed by atoms with Crippen LogP contribution >= 0.6 is 0 Å². The van der Waals surface area contributed by atoms with Crippen LogP contribution in [-0.4, -0.2) is 109 Å². The van der Waals surface area contributed by atoms with Crippen molar-refractivity contribution in [3.05, 3.63) is 0 Å². The second kappa shape index (κ2) is 12.3. The molecule has 12 nitrogen and oxygen atoms in total. The van der Waals surface area contributed by atoms with Crippen molar-refractivity contribution in [2.45, 2.75) is 160 Å². The zero-order valence-electron chi connectivity index (χ0n) is 31.7. The van der Waals surface area contributed by atoms with Crippen LogP contribution in [0.4, 0.5) is 0 Å². The van der Waals surface area contributed by atoms with Crippen molar-refractivity contribution in [2.75, 3.05) is 13.1 Å². The SMILES string of the molecule is CCC(C)C(=O)O[C@H]1CC[C@@]2(C)[C@H]3C[C@@H](OC(C)=O)[C@@H]4[C@@]5(O)[C@@H](C[C@@]42O[C@]13O)[C@@H]1CN2C[C@@H](C)CC[C@H]2[C@@](C)(O)[C@H]1[C@@H](O)[C@@H]5OC(=O)C(C)CC. The predicted octanol–water partition coefficient (Wildman–Crippen LogP) is 2.95. The van der Waals surface area contributed by atoms with E-state index in [9.17, 15) is 34.8 Å². The number of aliphatic hydroxyl groups excluding tert-OH is 1. The molecule has 2 unspecified atom stereocenters. The standard InChI is InChI=1S/C39H61NO11/c1-9-20(4)33(43)49-28-13-14-35(7)26-15-25(48-22(6)41)31-37(35,51-39(26,28)47)16-24-23-18-40-17-19(3)11-12-27(40)36(8,45)29(23)30(42)32(38(24,31)46)50-34(44)21(5)10-2/h19-21,23-32,42,45-47H,9-18H2,1-8H3/t19-,20?,21?,23-,24-,25+,26+,27-,28-,29+,30+,31-,32-,35-,36+,37+,38-,39-/m0/s1. The average Bonchev–Trinajstić information content (AvgIpc) is 3.33. The molecule has 3 saturated heterocycles. The molecule has 3 aliphatic heterocycles. The third-order valence-corrected chi connectivity index (χ3v) is 15.6. The number of hydrogen-bond acceptors (Lipinski definition) is 12. The molecule has 7 fully saturated rings. The number of carbonyl (C=O) groups is 3. The summed E-state index contributed by atoms with van der Waals surface area (Å²) in [6, 6.07) is -0.220. The van der Waals surface area contributed by atoms with Gasteiger partial charge in [-0.25, -0.2) is 0 Å². The number of esters is 3. The molecule has 51 heavy (non-hydrogen) atoms. The van der Waals surface area contributed by atoms with E-state index in [4.69, 9.17) is 18.9 Å². The van der Waals surface area contributed by atoms with Crippen LogP contribution in [0.25, 0.3) is 0 Å². The molecule has 7 rings (SSSR count). The number of ether oxygens (including phenoxy) is 4. The highest BCUT2D eigenvalue weighted by molar-refractivity contribution is 5.73. The first-order chi connectivity index (χ1) is 23.8. The fourth-order valence-corrected chi connectivity index (χ4v) is 12.8. The van der Waals surface area contributed by atoms with Crippen LogP contribution < -0.4 is 0 Å². The summed E-state index contributed by atoms with van der Waals surface area (Å²) in [6.45, 7) is 15.9. The van der Waals surface area contributed by atoms with Crippen molar-refractivity contribution >= 4 is 17.9 Å². The molecule has 4 saturated carbocycles. The topological polar surface area (TPSA) is 172 Å². The molecule has 4 bridgehead atoms. The lowest BCUT2D eigenvalue weighted by Gasteiger charge is -2.64. The normalized spacial score (nSPS) is 52.4. The first-order valence-corrected chi connectivity index (χ1v) is 19.7. The third kappa shape index (κ3) is 5.01. The Labute approximate surface area is 301 Å². The van der Waals surface area contributed by atoms with Gasteiger partial charge >= 0.3 is 17.9 Å². The second-order valence-corrected chi connectivity index (χ2v) is 18.3. The van der Waals surface area contributed by atoms with Gasteiger partial charge in [-0.3, -0.25) is 19.3 Å². The maximum atomic E-state index is 13.7. The van der Waals surface area contributed by atoms with Gasteiger partial charge in [0.05, 0.1) is 35.1 Å². The molecule has 0 radical (unpaired) electrons. The van der Waals surface area contributed by atoms with Gasteiger partial charge in [-0.1, -0.05) is 41.5 Å². The van der Waals surface area contributed by atoms with Crippen LogP contribution in [0.5, 0.6) is 0 Å². The molecule has 4 aliphatic carbocycles. The van der Waals surface area contributed by atoms with Gasteiger partial charge in [-0.05, 0) is 76.0 Å². The monoisotopic (exact) mass is 719 g/mol. The maximum Gasteiger partial charge on any atom is 0.309 e. The number of nitrogens with zero attached hydrogens (tertiary/aromatic N) is 1. The Hall–Kier alpha value is -1.83. The van der Waals surface area contributed by atoms with Gasteiger partial charge in [0.25, 0.3) is 0 Å². The molecule has 12 heteroatoms. The number of hydrogen-bond donors (Lipinski definition) is 4. The molecule has 0 aromatic rings. The van der Waals surface area contributed by atoms with Crippen LogP contribution in [-0.2, 0) is 33.3 Å². The van der Waals surface area contributed by atoms with Crippen molar-refractivity contribution < 1.29 is 53.8 Å². The van der Waals surface area contributed by atoms with Gasteiger partial charge in [-0.2, -0.15) is 0 Å². The van der Waals surface area contributed by atoms with Crippen LogP contribution in [0, 0.1) is 52.8 Å². The Morgan fingerprint density at radius 3 is 2.22 bits per heavy atom. The molecule has 0 aromatic carbocycles. The highest BCUT2D eigenvalue weighted by atomic mass is 16.7. The molecule has 0 aromatic heterocycles. The Bertz CT molecular complexity index is 1420. The lowest BCUT2D eigenvalue weighted by molar-refractivity contribution is -0.300.